The van der Waals surface area contributed by atoms with Gasteiger partial charge in [0.25, 0.3) is 0 Å². The standard InChI is InChI=1S/C16H27N3/c1-4-17-13(2)15-11-8-12-18-16(15)19(3)14-9-6-5-7-10-14/h8,11-14,17H,4-7,9-10H2,1-3H3. The Morgan fingerprint density at radius 3 is 2.79 bits per heavy atom. The highest BCUT2D eigenvalue weighted by molar-refractivity contribution is 5.48. The minimum absolute atomic E-state index is 0.361. The second-order valence-electron chi connectivity index (χ2n) is 5.60. The first-order valence-corrected chi connectivity index (χ1v) is 7.65. The third kappa shape index (κ3) is 3.47. The number of nitrogens with one attached hydrogen (secondary N) is 1. The molecule has 1 saturated carbocycles. The van der Waals surface area contributed by atoms with Crippen LogP contribution in [-0.2, 0) is 0 Å². The molecule has 1 fully saturated rings. The van der Waals surface area contributed by atoms with E-state index in [0.717, 1.165) is 12.4 Å². The fourth-order valence-electron chi connectivity index (χ4n) is 3.10. The molecule has 1 heterocycles. The summed E-state index contributed by atoms with van der Waals surface area (Å²) in [6, 6.07) is 5.27. The molecule has 0 bridgehead atoms. The van der Waals surface area contributed by atoms with E-state index in [1.165, 1.54) is 37.7 Å². The Morgan fingerprint density at radius 1 is 1.37 bits per heavy atom. The van der Waals surface area contributed by atoms with E-state index < -0.39 is 0 Å². The van der Waals surface area contributed by atoms with Gasteiger partial charge in [-0.3, -0.25) is 0 Å². The molecule has 19 heavy (non-hydrogen) atoms. The van der Waals surface area contributed by atoms with Gasteiger partial charge in [0.15, 0.2) is 0 Å². The molecule has 3 heteroatoms. The van der Waals surface area contributed by atoms with Gasteiger partial charge >= 0.3 is 0 Å². The van der Waals surface area contributed by atoms with Crippen LogP contribution in [0.15, 0.2) is 18.3 Å². The lowest BCUT2D eigenvalue weighted by atomic mass is 9.94. The molecule has 1 atom stereocenters. The number of hydrogen-bond acceptors (Lipinski definition) is 3. The molecule has 0 aliphatic heterocycles. The predicted octanol–water partition coefficient (Wildman–Crippen LogP) is 3.52. The molecule has 1 aromatic heterocycles. The van der Waals surface area contributed by atoms with E-state index >= 15 is 0 Å². The molecule has 0 spiro atoms. The fraction of sp³-hybridized carbons (Fsp3) is 0.688. The maximum atomic E-state index is 4.64. The molecular weight excluding hydrogens is 234 g/mol. The summed E-state index contributed by atoms with van der Waals surface area (Å²) in [5.41, 5.74) is 1.32. The average molecular weight is 261 g/mol. The Hall–Kier alpha value is -1.09. The van der Waals surface area contributed by atoms with Crippen molar-refractivity contribution in [1.29, 1.82) is 0 Å². The smallest absolute Gasteiger partial charge is 0.133 e. The first kappa shape index (κ1) is 14.3. The summed E-state index contributed by atoms with van der Waals surface area (Å²) in [4.78, 5) is 7.05. The summed E-state index contributed by atoms with van der Waals surface area (Å²) in [6.45, 7) is 5.36. The summed E-state index contributed by atoms with van der Waals surface area (Å²) >= 11 is 0. The van der Waals surface area contributed by atoms with Gasteiger partial charge in [-0.2, -0.15) is 0 Å². The van der Waals surface area contributed by atoms with Gasteiger partial charge in [0.1, 0.15) is 5.82 Å². The summed E-state index contributed by atoms with van der Waals surface area (Å²) in [5.74, 6) is 1.16. The zero-order valence-corrected chi connectivity index (χ0v) is 12.5. The van der Waals surface area contributed by atoms with Crippen LogP contribution in [0.1, 0.15) is 57.6 Å². The average Bonchev–Trinajstić information content (AvgIpc) is 2.47. The first-order valence-electron chi connectivity index (χ1n) is 7.65. The van der Waals surface area contributed by atoms with Gasteiger partial charge in [-0.15, -0.1) is 0 Å². The zero-order chi connectivity index (χ0) is 13.7. The van der Waals surface area contributed by atoms with E-state index in [-0.39, 0.29) is 0 Å². The van der Waals surface area contributed by atoms with Gasteiger partial charge in [-0.25, -0.2) is 4.98 Å². The molecule has 0 amide bonds. The second-order valence-corrected chi connectivity index (χ2v) is 5.60. The summed E-state index contributed by atoms with van der Waals surface area (Å²) in [5, 5.41) is 3.49. The summed E-state index contributed by atoms with van der Waals surface area (Å²) < 4.78 is 0. The van der Waals surface area contributed by atoms with Crippen LogP contribution in [-0.4, -0.2) is 24.6 Å². The molecule has 0 radical (unpaired) electrons. The Labute approximate surface area is 117 Å². The highest BCUT2D eigenvalue weighted by Crippen LogP contribution is 2.29. The molecule has 0 aromatic carbocycles. The monoisotopic (exact) mass is 261 g/mol. The molecule has 1 aliphatic rings. The molecule has 1 unspecified atom stereocenters. The van der Waals surface area contributed by atoms with Crippen LogP contribution in [0, 0.1) is 0 Å². The van der Waals surface area contributed by atoms with Gasteiger partial charge in [0.2, 0.25) is 0 Å². The third-order valence-corrected chi connectivity index (χ3v) is 4.25. The Balaban J connectivity index is 2.17. The van der Waals surface area contributed by atoms with E-state index in [0.29, 0.717) is 12.1 Å². The Morgan fingerprint density at radius 2 is 2.11 bits per heavy atom. The summed E-state index contributed by atoms with van der Waals surface area (Å²) in [6.07, 6.45) is 8.65. The number of pyridine rings is 1. The van der Waals surface area contributed by atoms with Crippen LogP contribution in [0.4, 0.5) is 5.82 Å². The van der Waals surface area contributed by atoms with Crippen LogP contribution >= 0.6 is 0 Å². The molecule has 106 valence electrons. The molecule has 0 saturated heterocycles. The van der Waals surface area contributed by atoms with Crippen molar-refractivity contribution in [3.8, 4) is 0 Å². The van der Waals surface area contributed by atoms with Crippen molar-refractivity contribution < 1.29 is 0 Å². The van der Waals surface area contributed by atoms with Crippen molar-refractivity contribution in [2.75, 3.05) is 18.5 Å². The van der Waals surface area contributed by atoms with Crippen molar-refractivity contribution in [1.82, 2.24) is 10.3 Å². The van der Waals surface area contributed by atoms with Gasteiger partial charge in [0.05, 0.1) is 0 Å². The first-order chi connectivity index (χ1) is 9.24. The molecule has 1 N–H and O–H groups in total. The molecule has 1 aliphatic carbocycles. The van der Waals surface area contributed by atoms with Gasteiger partial charge in [-0.1, -0.05) is 32.3 Å². The maximum Gasteiger partial charge on any atom is 0.133 e. The van der Waals surface area contributed by atoms with E-state index in [9.17, 15) is 0 Å². The van der Waals surface area contributed by atoms with E-state index in [4.69, 9.17) is 0 Å². The number of nitrogens with zero attached hydrogens (tertiary/aromatic N) is 2. The fourth-order valence-corrected chi connectivity index (χ4v) is 3.10. The predicted molar refractivity (Wildman–Crippen MR) is 81.6 cm³/mol. The number of aromatic nitrogens is 1. The van der Waals surface area contributed by atoms with Gasteiger partial charge < -0.3 is 10.2 Å². The Bertz CT molecular complexity index is 385. The van der Waals surface area contributed by atoms with Crippen LogP contribution in [0.5, 0.6) is 0 Å². The number of anilines is 1. The number of hydrogen-bond donors (Lipinski definition) is 1. The molecule has 3 nitrogen and oxygen atoms in total. The minimum Gasteiger partial charge on any atom is -0.356 e. The minimum atomic E-state index is 0.361. The summed E-state index contributed by atoms with van der Waals surface area (Å²) in [7, 11) is 2.21. The van der Waals surface area contributed by atoms with Gasteiger partial charge in [-0.05, 0) is 32.4 Å². The quantitative estimate of drug-likeness (QED) is 0.879. The molecule has 1 aromatic rings. The molecular formula is C16H27N3. The van der Waals surface area contributed by atoms with E-state index in [2.05, 4.69) is 42.2 Å². The SMILES string of the molecule is CCNC(C)c1cccnc1N(C)C1CCCCC1. The van der Waals surface area contributed by atoms with Crippen molar-refractivity contribution in [3.05, 3.63) is 23.9 Å². The lowest BCUT2D eigenvalue weighted by Gasteiger charge is -2.34. The van der Waals surface area contributed by atoms with Crippen molar-refractivity contribution in [2.24, 2.45) is 0 Å². The third-order valence-electron chi connectivity index (χ3n) is 4.25. The van der Waals surface area contributed by atoms with Crippen LogP contribution in [0.2, 0.25) is 0 Å². The highest BCUT2D eigenvalue weighted by Gasteiger charge is 2.22. The van der Waals surface area contributed by atoms with Gasteiger partial charge in [0, 0.05) is 30.9 Å². The normalized spacial score (nSPS) is 18.3. The van der Waals surface area contributed by atoms with E-state index in [1.54, 1.807) is 0 Å². The van der Waals surface area contributed by atoms with E-state index in [1.807, 2.05) is 12.3 Å². The largest absolute Gasteiger partial charge is 0.356 e. The zero-order valence-electron chi connectivity index (χ0n) is 12.5. The number of rotatable bonds is 5. The maximum absolute atomic E-state index is 4.64. The lowest BCUT2D eigenvalue weighted by Crippen LogP contribution is -2.35. The van der Waals surface area contributed by atoms with Crippen LogP contribution in [0.3, 0.4) is 0 Å². The van der Waals surface area contributed by atoms with Crippen molar-refractivity contribution >= 4 is 5.82 Å². The second kappa shape index (κ2) is 6.90. The van der Waals surface area contributed by atoms with Crippen molar-refractivity contribution in [2.45, 2.75) is 58.0 Å². The topological polar surface area (TPSA) is 28.2 Å². The van der Waals surface area contributed by atoms with Crippen molar-refractivity contribution in [3.63, 3.8) is 0 Å². The lowest BCUT2D eigenvalue weighted by molar-refractivity contribution is 0.424. The van der Waals surface area contributed by atoms with Crippen LogP contribution < -0.4 is 10.2 Å². The van der Waals surface area contributed by atoms with Crippen LogP contribution in [0.25, 0.3) is 0 Å². The molecule has 2 rings (SSSR count). The highest BCUT2D eigenvalue weighted by atomic mass is 15.2. The Kier molecular flexibility index (Phi) is 5.20.